The maximum atomic E-state index is 12.2. The highest BCUT2D eigenvalue weighted by Gasteiger charge is 2.34. The Morgan fingerprint density at radius 2 is 1.77 bits per heavy atom. The summed E-state index contributed by atoms with van der Waals surface area (Å²) in [5, 5.41) is 2.91. The molecule has 0 spiro atoms. The van der Waals surface area contributed by atoms with E-state index in [1.54, 1.807) is 0 Å². The van der Waals surface area contributed by atoms with Crippen molar-refractivity contribution >= 4 is 16.8 Å². The van der Waals surface area contributed by atoms with Crippen molar-refractivity contribution < 1.29 is 9.00 Å². The highest BCUT2D eigenvalue weighted by Crippen LogP contribution is 2.32. The molecule has 3 atom stereocenters. The maximum absolute atomic E-state index is 12.2. The minimum atomic E-state index is -1.05. The standard InChI is InChI=1S/C17H22N2O2S/c20-17(19-12-14-6-4-5-7-15(14)13-19)18-10-11-22(21)16-8-2-1-3-9-16/h1-5,8-9,14-15H,6-7,10-13H2,(H,18,20)/t14-,15+,22-/m0/s1. The van der Waals surface area contributed by atoms with E-state index in [0.717, 1.165) is 30.8 Å². The van der Waals surface area contributed by atoms with E-state index in [9.17, 15) is 9.00 Å². The Morgan fingerprint density at radius 3 is 2.41 bits per heavy atom. The summed E-state index contributed by atoms with van der Waals surface area (Å²) in [6.07, 6.45) is 6.64. The molecule has 2 amide bonds. The number of carbonyl (C=O) groups is 1. The fraction of sp³-hybridized carbons (Fsp3) is 0.471. The number of nitrogens with zero attached hydrogens (tertiary/aromatic N) is 1. The molecule has 3 rings (SSSR count). The van der Waals surface area contributed by atoms with E-state index >= 15 is 0 Å². The Hall–Kier alpha value is -1.62. The predicted molar refractivity (Wildman–Crippen MR) is 88.0 cm³/mol. The summed E-state index contributed by atoms with van der Waals surface area (Å²) in [6, 6.07) is 9.37. The molecule has 1 heterocycles. The third-order valence-electron chi connectivity index (χ3n) is 4.48. The summed E-state index contributed by atoms with van der Waals surface area (Å²) in [5.41, 5.74) is 0. The van der Waals surface area contributed by atoms with Gasteiger partial charge in [0, 0.05) is 30.3 Å². The second kappa shape index (κ2) is 7.09. The lowest BCUT2D eigenvalue weighted by Gasteiger charge is -2.17. The zero-order chi connectivity index (χ0) is 15.4. The molecule has 1 fully saturated rings. The molecule has 4 nitrogen and oxygen atoms in total. The molecule has 0 bridgehead atoms. The number of rotatable bonds is 4. The number of fused-ring (bicyclic) bond motifs is 1. The lowest BCUT2D eigenvalue weighted by molar-refractivity contribution is 0.207. The van der Waals surface area contributed by atoms with Crippen LogP contribution >= 0.6 is 0 Å². The van der Waals surface area contributed by atoms with Gasteiger partial charge in [-0.15, -0.1) is 0 Å². The van der Waals surface area contributed by atoms with E-state index in [4.69, 9.17) is 0 Å². The van der Waals surface area contributed by atoms with Crippen LogP contribution in [0.3, 0.4) is 0 Å². The first-order valence-corrected chi connectivity index (χ1v) is 9.17. The predicted octanol–water partition coefficient (Wildman–Crippen LogP) is 2.40. The molecule has 5 heteroatoms. The number of amides is 2. The summed E-state index contributed by atoms with van der Waals surface area (Å²) in [4.78, 5) is 14.9. The number of allylic oxidation sites excluding steroid dienone is 2. The molecule has 1 N–H and O–H groups in total. The first-order chi connectivity index (χ1) is 10.7. The molecule has 0 radical (unpaired) electrons. The first kappa shape index (κ1) is 15.3. The second-order valence-electron chi connectivity index (χ2n) is 5.96. The third kappa shape index (κ3) is 3.58. The van der Waals surface area contributed by atoms with E-state index < -0.39 is 10.8 Å². The SMILES string of the molecule is O=C(NCC[S@](=O)c1ccccc1)N1C[C@H]2CC=CC[C@H]2C1. The summed E-state index contributed by atoms with van der Waals surface area (Å²) < 4.78 is 12.1. The van der Waals surface area contributed by atoms with E-state index in [0.29, 0.717) is 24.1 Å². The quantitative estimate of drug-likeness (QED) is 0.867. The van der Waals surface area contributed by atoms with Crippen molar-refractivity contribution in [2.24, 2.45) is 11.8 Å². The van der Waals surface area contributed by atoms with E-state index in [1.807, 2.05) is 35.2 Å². The molecular weight excluding hydrogens is 296 g/mol. The van der Waals surface area contributed by atoms with Crippen molar-refractivity contribution in [1.82, 2.24) is 10.2 Å². The van der Waals surface area contributed by atoms with Gasteiger partial charge in [-0.2, -0.15) is 0 Å². The molecular formula is C17H22N2O2S. The van der Waals surface area contributed by atoms with E-state index in [1.165, 1.54) is 0 Å². The van der Waals surface area contributed by atoms with Gasteiger partial charge in [-0.05, 0) is 36.8 Å². The number of hydrogen-bond donors (Lipinski definition) is 1. The Morgan fingerprint density at radius 1 is 1.14 bits per heavy atom. The van der Waals surface area contributed by atoms with Gasteiger partial charge in [0.25, 0.3) is 0 Å². The van der Waals surface area contributed by atoms with Crippen LogP contribution in [-0.2, 0) is 10.8 Å². The van der Waals surface area contributed by atoms with E-state index in [-0.39, 0.29) is 6.03 Å². The molecule has 1 saturated heterocycles. The van der Waals surface area contributed by atoms with Crippen molar-refractivity contribution in [1.29, 1.82) is 0 Å². The number of carbonyl (C=O) groups excluding carboxylic acids is 1. The lowest BCUT2D eigenvalue weighted by atomic mass is 9.86. The fourth-order valence-corrected chi connectivity index (χ4v) is 4.22. The smallest absolute Gasteiger partial charge is 0.317 e. The van der Waals surface area contributed by atoms with Crippen LogP contribution < -0.4 is 5.32 Å². The number of likely N-dealkylation sites (tertiary alicyclic amines) is 1. The van der Waals surface area contributed by atoms with Gasteiger partial charge >= 0.3 is 6.03 Å². The average molecular weight is 318 g/mol. The Labute approximate surface area is 134 Å². The molecule has 1 aliphatic carbocycles. The molecule has 0 unspecified atom stereocenters. The normalized spacial score (nSPS) is 24.8. The highest BCUT2D eigenvalue weighted by atomic mass is 32.2. The number of nitrogens with one attached hydrogen (secondary N) is 1. The maximum Gasteiger partial charge on any atom is 0.317 e. The van der Waals surface area contributed by atoms with Crippen LogP contribution in [-0.4, -0.2) is 40.5 Å². The first-order valence-electron chi connectivity index (χ1n) is 7.85. The van der Waals surface area contributed by atoms with Crippen LogP contribution in [0.15, 0.2) is 47.4 Å². The summed E-state index contributed by atoms with van der Waals surface area (Å²) in [5.74, 6) is 1.70. The van der Waals surface area contributed by atoms with Gasteiger partial charge in [-0.1, -0.05) is 30.4 Å². The van der Waals surface area contributed by atoms with Crippen molar-refractivity contribution in [3.05, 3.63) is 42.5 Å². The van der Waals surface area contributed by atoms with E-state index in [2.05, 4.69) is 17.5 Å². The number of benzene rings is 1. The molecule has 22 heavy (non-hydrogen) atoms. The minimum absolute atomic E-state index is 0.0144. The topological polar surface area (TPSA) is 49.4 Å². The Balaban J connectivity index is 1.42. The molecule has 1 aromatic carbocycles. The third-order valence-corrected chi connectivity index (χ3v) is 5.85. The zero-order valence-electron chi connectivity index (χ0n) is 12.6. The monoisotopic (exact) mass is 318 g/mol. The second-order valence-corrected chi connectivity index (χ2v) is 7.53. The minimum Gasteiger partial charge on any atom is -0.337 e. The Bertz CT molecular complexity index is 557. The molecule has 1 aromatic rings. The summed E-state index contributed by atoms with van der Waals surface area (Å²) >= 11 is 0. The number of hydrogen-bond acceptors (Lipinski definition) is 2. The van der Waals surface area contributed by atoms with Crippen LogP contribution in [0.2, 0.25) is 0 Å². The van der Waals surface area contributed by atoms with Crippen molar-refractivity contribution in [2.75, 3.05) is 25.4 Å². The van der Waals surface area contributed by atoms with Crippen LogP contribution in [0.4, 0.5) is 4.79 Å². The van der Waals surface area contributed by atoms with Gasteiger partial charge in [0.15, 0.2) is 0 Å². The largest absolute Gasteiger partial charge is 0.337 e. The van der Waals surface area contributed by atoms with Gasteiger partial charge in [-0.3, -0.25) is 4.21 Å². The zero-order valence-corrected chi connectivity index (χ0v) is 13.4. The molecule has 0 aromatic heterocycles. The van der Waals surface area contributed by atoms with Crippen LogP contribution in [0, 0.1) is 11.8 Å². The molecule has 1 aliphatic heterocycles. The van der Waals surface area contributed by atoms with Gasteiger partial charge in [-0.25, -0.2) is 4.79 Å². The van der Waals surface area contributed by atoms with Crippen LogP contribution in [0.1, 0.15) is 12.8 Å². The summed E-state index contributed by atoms with van der Waals surface area (Å²) in [6.45, 7) is 2.15. The molecule has 2 aliphatic rings. The van der Waals surface area contributed by atoms with Crippen LogP contribution in [0.25, 0.3) is 0 Å². The summed E-state index contributed by atoms with van der Waals surface area (Å²) in [7, 11) is -1.05. The fourth-order valence-electron chi connectivity index (χ4n) is 3.23. The van der Waals surface area contributed by atoms with Crippen molar-refractivity contribution in [3.8, 4) is 0 Å². The van der Waals surface area contributed by atoms with Gasteiger partial charge in [0.1, 0.15) is 0 Å². The van der Waals surface area contributed by atoms with Crippen molar-refractivity contribution in [3.63, 3.8) is 0 Å². The van der Waals surface area contributed by atoms with Gasteiger partial charge < -0.3 is 10.2 Å². The Kier molecular flexibility index (Phi) is 4.93. The van der Waals surface area contributed by atoms with Gasteiger partial charge in [0.2, 0.25) is 0 Å². The molecule has 118 valence electrons. The molecule has 0 saturated carbocycles. The lowest BCUT2D eigenvalue weighted by Crippen LogP contribution is -2.40. The average Bonchev–Trinajstić information content (AvgIpc) is 2.99. The van der Waals surface area contributed by atoms with Gasteiger partial charge in [0.05, 0.1) is 10.8 Å². The van der Waals surface area contributed by atoms with Crippen LogP contribution in [0.5, 0.6) is 0 Å². The highest BCUT2D eigenvalue weighted by molar-refractivity contribution is 7.85. The number of urea groups is 1. The van der Waals surface area contributed by atoms with Crippen molar-refractivity contribution in [2.45, 2.75) is 17.7 Å².